The number of hydrogen-bond donors (Lipinski definition) is 3. The molecule has 4 N–H and O–H groups in total. The maximum absolute atomic E-state index is 13.8. The second-order valence-electron chi connectivity index (χ2n) is 10.7. The van der Waals surface area contributed by atoms with Crippen molar-refractivity contribution < 1.29 is 4.79 Å². The summed E-state index contributed by atoms with van der Waals surface area (Å²) in [4.78, 5) is 20.5. The molecule has 0 aliphatic heterocycles. The van der Waals surface area contributed by atoms with Crippen LogP contribution in [-0.2, 0) is 33.0 Å². The number of aromatic nitrogens is 2. The van der Waals surface area contributed by atoms with Gasteiger partial charge in [0.05, 0.1) is 17.6 Å². The minimum Gasteiger partial charge on any atom is -0.384 e. The molecule has 0 unspecified atom stereocenters. The number of urea groups is 1. The van der Waals surface area contributed by atoms with E-state index in [4.69, 9.17) is 16.1 Å². The van der Waals surface area contributed by atoms with Gasteiger partial charge in [0.1, 0.15) is 11.7 Å². The van der Waals surface area contributed by atoms with Gasteiger partial charge in [0.2, 0.25) is 0 Å². The number of nitrogens with zero attached hydrogens (tertiary/aromatic N) is 3. The number of anilines is 1. The highest BCUT2D eigenvalue weighted by Crippen LogP contribution is 2.27. The van der Waals surface area contributed by atoms with E-state index in [0.717, 1.165) is 68.4 Å². The van der Waals surface area contributed by atoms with Gasteiger partial charge in [0.15, 0.2) is 0 Å². The Morgan fingerprint density at radius 3 is 2.40 bits per heavy atom. The van der Waals surface area contributed by atoms with Gasteiger partial charge in [0.25, 0.3) is 0 Å². The second kappa shape index (κ2) is 12.2. The fourth-order valence-corrected chi connectivity index (χ4v) is 5.49. The molecule has 0 spiro atoms. The Bertz CT molecular complexity index is 1910. The fourth-order valence-electron chi connectivity index (χ4n) is 5.49. The predicted molar refractivity (Wildman–Crippen MR) is 174 cm³/mol. The number of aryl methyl sites for hydroxylation is 3. The lowest BCUT2D eigenvalue weighted by molar-refractivity contribution is 0.245. The van der Waals surface area contributed by atoms with Crippen LogP contribution in [-0.4, -0.2) is 21.4 Å². The molecule has 1 aromatic heterocycles. The number of carbonyl (C=O) groups excluding carboxylic acids is 1. The summed E-state index contributed by atoms with van der Waals surface area (Å²) >= 11 is 0. The lowest BCUT2D eigenvalue weighted by Crippen LogP contribution is -2.39. The Morgan fingerprint density at radius 1 is 0.860 bits per heavy atom. The number of benzene rings is 5. The van der Waals surface area contributed by atoms with Crippen molar-refractivity contribution in [1.29, 1.82) is 5.41 Å². The van der Waals surface area contributed by atoms with Crippen LogP contribution in [0.3, 0.4) is 0 Å². The maximum atomic E-state index is 13.8. The number of nitrogens with two attached hydrogens (primary N) is 1. The molecule has 2 amide bonds. The van der Waals surface area contributed by atoms with Crippen molar-refractivity contribution in [2.75, 3.05) is 4.90 Å². The van der Waals surface area contributed by atoms with Gasteiger partial charge in [-0.25, -0.2) is 9.78 Å². The van der Waals surface area contributed by atoms with Crippen molar-refractivity contribution in [3.8, 4) is 0 Å². The average Bonchev–Trinajstić information content (AvgIpc) is 3.36. The molecule has 0 fully saturated rings. The van der Waals surface area contributed by atoms with E-state index in [1.165, 1.54) is 0 Å². The molecule has 6 rings (SSSR count). The monoisotopic (exact) mass is 566 g/mol. The number of carbonyl (C=O) groups is 1. The van der Waals surface area contributed by atoms with Crippen molar-refractivity contribution in [1.82, 2.24) is 14.9 Å². The van der Waals surface area contributed by atoms with Crippen LogP contribution in [0.1, 0.15) is 28.1 Å². The van der Waals surface area contributed by atoms with Crippen molar-refractivity contribution in [2.45, 2.75) is 25.9 Å². The molecule has 0 bridgehead atoms. The highest BCUT2D eigenvalue weighted by atomic mass is 16.2. The summed E-state index contributed by atoms with van der Waals surface area (Å²) in [5.41, 5.74) is 12.2. The Morgan fingerprint density at radius 2 is 1.60 bits per heavy atom. The molecule has 0 saturated carbocycles. The standard InChI is InChI=1S/C36H34N6O/c1-41-33-20-19-30(22-32(33)40-34(41)21-16-25-14-17-28(18-15-25)35(37)38)42(36(43)39-23-26-8-3-2-4-9-26)24-29-12-7-11-27-10-5-6-13-31(27)29/h2-15,17-20,22H,16,21,23-24H2,1H3,(H3,37,38)(H,39,43). The number of nitrogen functional groups attached to an aromatic ring is 1. The lowest BCUT2D eigenvalue weighted by Gasteiger charge is -2.24. The van der Waals surface area contributed by atoms with Crippen LogP contribution in [0.5, 0.6) is 0 Å². The third-order valence-corrected chi connectivity index (χ3v) is 7.91. The van der Waals surface area contributed by atoms with E-state index in [1.54, 1.807) is 4.90 Å². The Kier molecular flexibility index (Phi) is 7.87. The summed E-state index contributed by atoms with van der Waals surface area (Å²) in [5.74, 6) is 1.04. The topological polar surface area (TPSA) is 100 Å². The summed E-state index contributed by atoms with van der Waals surface area (Å²) in [6.45, 7) is 0.860. The highest BCUT2D eigenvalue weighted by molar-refractivity contribution is 5.96. The minimum absolute atomic E-state index is 0.0703. The summed E-state index contributed by atoms with van der Waals surface area (Å²) in [5, 5.41) is 13.0. The molecule has 214 valence electrons. The van der Waals surface area contributed by atoms with Crippen molar-refractivity contribution in [3.05, 3.63) is 143 Å². The molecule has 0 aliphatic rings. The summed E-state index contributed by atoms with van der Waals surface area (Å²) in [7, 11) is 2.03. The maximum Gasteiger partial charge on any atom is 0.322 e. The number of amides is 2. The second-order valence-corrected chi connectivity index (χ2v) is 10.7. The molecule has 6 aromatic rings. The van der Waals surface area contributed by atoms with E-state index >= 15 is 0 Å². The van der Waals surface area contributed by atoms with Gasteiger partial charge < -0.3 is 15.6 Å². The third kappa shape index (κ3) is 6.11. The smallest absolute Gasteiger partial charge is 0.322 e. The predicted octanol–water partition coefficient (Wildman–Crippen LogP) is 6.71. The highest BCUT2D eigenvalue weighted by Gasteiger charge is 2.19. The molecule has 5 aromatic carbocycles. The van der Waals surface area contributed by atoms with Crippen LogP contribution in [0, 0.1) is 5.41 Å². The average molecular weight is 567 g/mol. The molecule has 0 radical (unpaired) electrons. The van der Waals surface area contributed by atoms with Crippen LogP contribution < -0.4 is 16.0 Å². The zero-order chi connectivity index (χ0) is 29.8. The first-order valence-corrected chi connectivity index (χ1v) is 14.4. The van der Waals surface area contributed by atoms with Gasteiger partial charge in [-0.15, -0.1) is 0 Å². The van der Waals surface area contributed by atoms with E-state index in [9.17, 15) is 4.79 Å². The van der Waals surface area contributed by atoms with E-state index in [-0.39, 0.29) is 11.9 Å². The molecule has 43 heavy (non-hydrogen) atoms. The van der Waals surface area contributed by atoms with Gasteiger partial charge in [-0.05, 0) is 52.1 Å². The summed E-state index contributed by atoms with van der Waals surface area (Å²) < 4.78 is 2.12. The van der Waals surface area contributed by atoms with Gasteiger partial charge in [-0.3, -0.25) is 10.3 Å². The Balaban J connectivity index is 1.29. The zero-order valence-electron chi connectivity index (χ0n) is 24.1. The Labute approximate surface area is 251 Å². The molecule has 0 aliphatic carbocycles. The first kappa shape index (κ1) is 27.7. The zero-order valence-corrected chi connectivity index (χ0v) is 24.1. The molecule has 1 heterocycles. The van der Waals surface area contributed by atoms with E-state index in [1.807, 2.05) is 98.0 Å². The van der Waals surface area contributed by atoms with Gasteiger partial charge >= 0.3 is 6.03 Å². The van der Waals surface area contributed by atoms with Crippen molar-refractivity contribution in [3.63, 3.8) is 0 Å². The van der Waals surface area contributed by atoms with Crippen LogP contribution in [0.15, 0.2) is 115 Å². The molecular weight excluding hydrogens is 532 g/mol. The number of imidazole rings is 1. The quantitative estimate of drug-likeness (QED) is 0.134. The first-order valence-electron chi connectivity index (χ1n) is 14.4. The fraction of sp³-hybridized carbons (Fsp3) is 0.139. The van der Waals surface area contributed by atoms with Gasteiger partial charge in [-0.2, -0.15) is 0 Å². The Hall–Kier alpha value is -5.43. The molecule has 0 atom stereocenters. The summed E-state index contributed by atoms with van der Waals surface area (Å²) in [6, 6.07) is 38.1. The van der Waals surface area contributed by atoms with Crippen molar-refractivity contribution >= 4 is 39.4 Å². The molecule has 7 heteroatoms. The first-order chi connectivity index (χ1) is 21.0. The van der Waals surface area contributed by atoms with Crippen LogP contribution >= 0.6 is 0 Å². The van der Waals surface area contributed by atoms with Crippen LogP contribution in [0.4, 0.5) is 10.5 Å². The van der Waals surface area contributed by atoms with E-state index in [2.05, 4.69) is 34.1 Å². The SMILES string of the molecule is Cn1c(CCc2ccc(C(=N)N)cc2)nc2cc(N(Cc3cccc4ccccc34)C(=O)NCc3ccccc3)ccc21. The summed E-state index contributed by atoms with van der Waals surface area (Å²) in [6.07, 6.45) is 1.58. The van der Waals surface area contributed by atoms with Gasteiger partial charge in [0, 0.05) is 31.3 Å². The molecular formula is C36H34N6O. The molecule has 0 saturated heterocycles. The largest absolute Gasteiger partial charge is 0.384 e. The number of rotatable bonds is 9. The number of hydrogen-bond acceptors (Lipinski definition) is 3. The lowest BCUT2D eigenvalue weighted by atomic mass is 10.0. The van der Waals surface area contributed by atoms with Crippen LogP contribution in [0.2, 0.25) is 0 Å². The number of amidine groups is 1. The minimum atomic E-state index is -0.165. The number of fused-ring (bicyclic) bond motifs is 2. The van der Waals surface area contributed by atoms with Crippen LogP contribution in [0.25, 0.3) is 21.8 Å². The molecule has 7 nitrogen and oxygen atoms in total. The third-order valence-electron chi connectivity index (χ3n) is 7.91. The van der Waals surface area contributed by atoms with Gasteiger partial charge in [-0.1, -0.05) is 97.1 Å². The normalized spacial score (nSPS) is 11.1. The number of nitrogens with one attached hydrogen (secondary N) is 2. The van der Waals surface area contributed by atoms with Crippen molar-refractivity contribution in [2.24, 2.45) is 12.8 Å². The van der Waals surface area contributed by atoms with E-state index < -0.39 is 0 Å². The van der Waals surface area contributed by atoms with E-state index in [0.29, 0.717) is 13.1 Å².